The summed E-state index contributed by atoms with van der Waals surface area (Å²) in [6.07, 6.45) is 0. The van der Waals surface area contributed by atoms with E-state index in [1.165, 1.54) is 11.9 Å². The van der Waals surface area contributed by atoms with Crippen molar-refractivity contribution in [1.29, 1.82) is 0 Å². The van der Waals surface area contributed by atoms with E-state index in [2.05, 4.69) is 0 Å². The average Bonchev–Trinajstić information content (AvgIpc) is 2.12. The molecule has 0 aliphatic heterocycles. The van der Waals surface area contributed by atoms with Crippen LogP contribution in [0, 0.1) is 11.3 Å². The molecule has 0 aromatic carbocycles. The van der Waals surface area contributed by atoms with Crippen molar-refractivity contribution >= 4 is 11.9 Å². The van der Waals surface area contributed by atoms with E-state index in [0.717, 1.165) is 0 Å². The van der Waals surface area contributed by atoms with Crippen molar-refractivity contribution in [3.8, 4) is 0 Å². The molecular formula is C11H21NO4. The third-order valence-electron chi connectivity index (χ3n) is 2.63. The van der Waals surface area contributed by atoms with Gasteiger partial charge in [0.2, 0.25) is 5.91 Å². The number of rotatable bonds is 4. The van der Waals surface area contributed by atoms with E-state index in [-0.39, 0.29) is 12.6 Å². The first-order valence-electron chi connectivity index (χ1n) is 5.23. The van der Waals surface area contributed by atoms with Crippen LogP contribution in [0.4, 0.5) is 0 Å². The van der Waals surface area contributed by atoms with Crippen LogP contribution in [0.25, 0.3) is 0 Å². The van der Waals surface area contributed by atoms with Crippen LogP contribution in [0.1, 0.15) is 27.7 Å². The molecule has 0 heterocycles. The third-order valence-corrected chi connectivity index (χ3v) is 2.63. The molecule has 94 valence electrons. The van der Waals surface area contributed by atoms with Gasteiger partial charge in [0, 0.05) is 7.05 Å². The Bertz CT molecular complexity index is 270. The molecule has 0 aromatic rings. The second-order valence-corrected chi connectivity index (χ2v) is 5.12. The van der Waals surface area contributed by atoms with E-state index in [1.54, 1.807) is 27.7 Å². The SMILES string of the molecule is CC(CO)N(C)C(=O)C(C(=O)O)C(C)(C)C. The van der Waals surface area contributed by atoms with Gasteiger partial charge in [0.25, 0.3) is 0 Å². The minimum Gasteiger partial charge on any atom is -0.481 e. The van der Waals surface area contributed by atoms with Crippen molar-refractivity contribution in [1.82, 2.24) is 4.90 Å². The van der Waals surface area contributed by atoms with Gasteiger partial charge in [0.1, 0.15) is 5.92 Å². The Labute approximate surface area is 96.1 Å². The van der Waals surface area contributed by atoms with Crippen LogP contribution in [0.15, 0.2) is 0 Å². The van der Waals surface area contributed by atoms with E-state index in [0.29, 0.717) is 0 Å². The van der Waals surface area contributed by atoms with Crippen LogP contribution >= 0.6 is 0 Å². The molecule has 0 rings (SSSR count). The maximum absolute atomic E-state index is 12.0. The van der Waals surface area contributed by atoms with Crippen LogP contribution in [-0.2, 0) is 9.59 Å². The Hall–Kier alpha value is -1.10. The number of carbonyl (C=O) groups is 2. The molecule has 0 bridgehead atoms. The van der Waals surface area contributed by atoms with Crippen LogP contribution in [0.3, 0.4) is 0 Å². The number of nitrogens with zero attached hydrogens (tertiary/aromatic N) is 1. The van der Waals surface area contributed by atoms with Gasteiger partial charge in [0.15, 0.2) is 0 Å². The molecule has 0 aliphatic rings. The van der Waals surface area contributed by atoms with Gasteiger partial charge in [-0.1, -0.05) is 20.8 Å². The molecule has 2 unspecified atom stereocenters. The van der Waals surface area contributed by atoms with Crippen LogP contribution in [-0.4, -0.2) is 46.7 Å². The second kappa shape index (κ2) is 5.30. The fraction of sp³-hybridized carbons (Fsp3) is 0.818. The number of carbonyl (C=O) groups excluding carboxylic acids is 1. The summed E-state index contributed by atoms with van der Waals surface area (Å²) >= 11 is 0. The van der Waals surface area contributed by atoms with Crippen molar-refractivity contribution in [3.05, 3.63) is 0 Å². The monoisotopic (exact) mass is 231 g/mol. The molecule has 5 nitrogen and oxygen atoms in total. The molecule has 2 N–H and O–H groups in total. The summed E-state index contributed by atoms with van der Waals surface area (Å²) in [5.74, 6) is -2.69. The van der Waals surface area contributed by atoms with Gasteiger partial charge in [-0.25, -0.2) is 0 Å². The number of aliphatic carboxylic acids is 1. The number of hydrogen-bond donors (Lipinski definition) is 2. The van der Waals surface area contributed by atoms with Crippen LogP contribution < -0.4 is 0 Å². The fourth-order valence-electron chi connectivity index (χ4n) is 1.39. The molecule has 0 radical (unpaired) electrons. The molecule has 0 saturated heterocycles. The van der Waals surface area contributed by atoms with Gasteiger partial charge >= 0.3 is 5.97 Å². The first-order chi connectivity index (χ1) is 7.12. The number of amides is 1. The largest absolute Gasteiger partial charge is 0.481 e. The van der Waals surface area contributed by atoms with Gasteiger partial charge in [-0.3, -0.25) is 9.59 Å². The summed E-state index contributed by atoms with van der Waals surface area (Å²) in [5.41, 5.74) is -0.646. The molecule has 5 heteroatoms. The molecule has 0 fully saturated rings. The highest BCUT2D eigenvalue weighted by atomic mass is 16.4. The number of aliphatic hydroxyl groups excluding tert-OH is 1. The number of carboxylic acids is 1. The summed E-state index contributed by atoms with van der Waals surface area (Å²) in [4.78, 5) is 24.3. The lowest BCUT2D eigenvalue weighted by atomic mass is 9.79. The number of carboxylic acid groups (broad SMARTS) is 1. The van der Waals surface area contributed by atoms with Crippen LogP contribution in [0.2, 0.25) is 0 Å². The zero-order valence-electron chi connectivity index (χ0n) is 10.5. The first-order valence-corrected chi connectivity index (χ1v) is 5.23. The van der Waals surface area contributed by atoms with E-state index in [9.17, 15) is 9.59 Å². The normalized spacial score (nSPS) is 15.4. The summed E-state index contributed by atoms with van der Waals surface area (Å²) in [6, 6.07) is -0.378. The Balaban J connectivity index is 4.97. The first kappa shape index (κ1) is 14.9. The highest BCUT2D eigenvalue weighted by Crippen LogP contribution is 2.28. The average molecular weight is 231 g/mol. The van der Waals surface area contributed by atoms with Crippen molar-refractivity contribution in [3.63, 3.8) is 0 Å². The number of hydrogen-bond acceptors (Lipinski definition) is 3. The van der Waals surface area contributed by atoms with Gasteiger partial charge in [-0.15, -0.1) is 0 Å². The quantitative estimate of drug-likeness (QED) is 0.693. The molecule has 16 heavy (non-hydrogen) atoms. The lowest BCUT2D eigenvalue weighted by Crippen LogP contribution is -2.47. The minimum atomic E-state index is -1.13. The molecule has 2 atom stereocenters. The highest BCUT2D eigenvalue weighted by Gasteiger charge is 2.40. The summed E-state index contributed by atoms with van der Waals surface area (Å²) < 4.78 is 0. The Morgan fingerprint density at radius 1 is 1.31 bits per heavy atom. The molecule has 0 aromatic heterocycles. The van der Waals surface area contributed by atoms with Gasteiger partial charge in [-0.2, -0.15) is 0 Å². The zero-order chi connectivity index (χ0) is 13.1. The third kappa shape index (κ3) is 3.48. The molecule has 0 aliphatic carbocycles. The Kier molecular flexibility index (Phi) is 4.93. The number of likely N-dealkylation sites (N-methyl/N-ethyl adjacent to an activating group) is 1. The topological polar surface area (TPSA) is 77.8 Å². The van der Waals surface area contributed by atoms with Crippen LogP contribution in [0.5, 0.6) is 0 Å². The van der Waals surface area contributed by atoms with Crippen molar-refractivity contribution in [2.45, 2.75) is 33.7 Å². The molecule has 1 amide bonds. The fourth-order valence-corrected chi connectivity index (χ4v) is 1.39. The van der Waals surface area contributed by atoms with E-state index < -0.39 is 23.2 Å². The van der Waals surface area contributed by atoms with E-state index in [4.69, 9.17) is 10.2 Å². The lowest BCUT2D eigenvalue weighted by Gasteiger charge is -2.32. The smallest absolute Gasteiger partial charge is 0.316 e. The minimum absolute atomic E-state index is 0.182. The van der Waals surface area contributed by atoms with Gasteiger partial charge in [0.05, 0.1) is 12.6 Å². The summed E-state index contributed by atoms with van der Waals surface area (Å²) in [7, 11) is 1.50. The molecule has 0 spiro atoms. The van der Waals surface area contributed by atoms with Crippen molar-refractivity contribution < 1.29 is 19.8 Å². The number of aliphatic hydroxyl groups is 1. The van der Waals surface area contributed by atoms with Crippen molar-refractivity contribution in [2.24, 2.45) is 11.3 Å². The van der Waals surface area contributed by atoms with Crippen molar-refractivity contribution in [2.75, 3.05) is 13.7 Å². The summed E-state index contributed by atoms with van der Waals surface area (Å²) in [5, 5.41) is 18.0. The lowest BCUT2D eigenvalue weighted by molar-refractivity contribution is -0.156. The highest BCUT2D eigenvalue weighted by molar-refractivity contribution is 5.97. The van der Waals surface area contributed by atoms with E-state index in [1.807, 2.05) is 0 Å². The molecular weight excluding hydrogens is 210 g/mol. The Morgan fingerprint density at radius 3 is 2.00 bits per heavy atom. The summed E-state index contributed by atoms with van der Waals surface area (Å²) in [6.45, 7) is 6.61. The zero-order valence-corrected chi connectivity index (χ0v) is 10.5. The predicted molar refractivity (Wildman–Crippen MR) is 59.9 cm³/mol. The maximum Gasteiger partial charge on any atom is 0.316 e. The second-order valence-electron chi connectivity index (χ2n) is 5.12. The standard InChI is InChI=1S/C11H21NO4/c1-7(6-13)12(5)9(14)8(10(15)16)11(2,3)4/h7-8,13H,6H2,1-5H3,(H,15,16). The van der Waals surface area contributed by atoms with Gasteiger partial charge < -0.3 is 15.1 Å². The maximum atomic E-state index is 12.0. The Morgan fingerprint density at radius 2 is 1.75 bits per heavy atom. The predicted octanol–water partition coefficient (Wildman–Crippen LogP) is 0.572. The van der Waals surface area contributed by atoms with Gasteiger partial charge in [-0.05, 0) is 12.3 Å². The molecule has 0 saturated carbocycles. The van der Waals surface area contributed by atoms with E-state index >= 15 is 0 Å².